The first-order valence-corrected chi connectivity index (χ1v) is 7.77. The van der Waals surface area contributed by atoms with Crippen LogP contribution in [0.2, 0.25) is 0 Å². The number of hydrogen-bond donors (Lipinski definition) is 2. The Morgan fingerprint density at radius 2 is 2.44 bits per heavy atom. The second-order valence-electron chi connectivity index (χ2n) is 4.03. The van der Waals surface area contributed by atoms with E-state index in [4.69, 9.17) is 5.73 Å². The summed E-state index contributed by atoms with van der Waals surface area (Å²) in [6.07, 6.45) is 3.72. The Kier molecular flexibility index (Phi) is 4.08. The van der Waals surface area contributed by atoms with E-state index in [1.54, 1.807) is 18.0 Å². The van der Waals surface area contributed by atoms with Gasteiger partial charge < -0.3 is 11.1 Å². The normalized spacial score (nSPS) is 12.6. The Balaban J connectivity index is 2.25. The van der Waals surface area contributed by atoms with Crippen molar-refractivity contribution in [2.75, 3.05) is 17.7 Å². The topological polar surface area (TPSA) is 68.0 Å². The molecule has 18 heavy (non-hydrogen) atoms. The maximum Gasteiger partial charge on any atom is 0.263 e. The van der Waals surface area contributed by atoms with E-state index in [1.165, 1.54) is 11.3 Å². The maximum absolute atomic E-state index is 12.1. The zero-order chi connectivity index (χ0) is 13.1. The predicted octanol–water partition coefficient (Wildman–Crippen LogP) is 2.36. The zero-order valence-electron chi connectivity index (χ0n) is 10.3. The number of nitrogens with one attached hydrogen (secondary N) is 1. The Morgan fingerprint density at radius 1 is 1.67 bits per heavy atom. The van der Waals surface area contributed by atoms with Gasteiger partial charge in [-0.15, -0.1) is 11.3 Å². The van der Waals surface area contributed by atoms with Gasteiger partial charge in [0.25, 0.3) is 5.91 Å². The molecular weight excluding hydrogens is 266 g/mol. The van der Waals surface area contributed by atoms with E-state index in [0.717, 1.165) is 16.0 Å². The zero-order valence-corrected chi connectivity index (χ0v) is 11.9. The molecule has 6 heteroatoms. The van der Waals surface area contributed by atoms with Gasteiger partial charge in [0.2, 0.25) is 0 Å². The van der Waals surface area contributed by atoms with Crippen LogP contribution in [-0.2, 0) is 0 Å². The van der Waals surface area contributed by atoms with E-state index in [0.29, 0.717) is 10.6 Å². The number of aromatic nitrogens is 1. The number of fused-ring (bicyclic) bond motifs is 1. The summed E-state index contributed by atoms with van der Waals surface area (Å²) in [7, 11) is 0. The third-order valence-electron chi connectivity index (χ3n) is 2.51. The standard InChI is InChI=1S/C12H15N3OS2/c1-7(6-17-2)15-11(16)10-9(13)8-4-3-5-14-12(8)18-10/h3-5,7H,6,13H2,1-2H3,(H,15,16). The summed E-state index contributed by atoms with van der Waals surface area (Å²) in [6, 6.07) is 3.84. The molecular formula is C12H15N3OS2. The second-order valence-corrected chi connectivity index (χ2v) is 5.94. The van der Waals surface area contributed by atoms with Crippen molar-refractivity contribution in [2.45, 2.75) is 13.0 Å². The van der Waals surface area contributed by atoms with Crippen molar-refractivity contribution in [3.05, 3.63) is 23.2 Å². The monoisotopic (exact) mass is 281 g/mol. The molecule has 0 spiro atoms. The Bertz CT molecular complexity index is 567. The molecule has 0 saturated carbocycles. The fraction of sp³-hybridized carbons (Fsp3) is 0.333. The van der Waals surface area contributed by atoms with Crippen molar-refractivity contribution in [3.63, 3.8) is 0 Å². The molecule has 0 aliphatic heterocycles. The first-order valence-electron chi connectivity index (χ1n) is 5.56. The van der Waals surface area contributed by atoms with Gasteiger partial charge in [-0.1, -0.05) is 0 Å². The van der Waals surface area contributed by atoms with Gasteiger partial charge in [0.15, 0.2) is 0 Å². The van der Waals surface area contributed by atoms with E-state index in [2.05, 4.69) is 10.3 Å². The van der Waals surface area contributed by atoms with E-state index < -0.39 is 0 Å². The SMILES string of the molecule is CSCC(C)NC(=O)c1sc2ncccc2c1N. The second kappa shape index (κ2) is 5.58. The van der Waals surface area contributed by atoms with Crippen LogP contribution in [0.1, 0.15) is 16.6 Å². The fourth-order valence-corrected chi connectivity index (χ4v) is 3.25. The van der Waals surface area contributed by atoms with Crippen LogP contribution in [0.15, 0.2) is 18.3 Å². The van der Waals surface area contributed by atoms with E-state index >= 15 is 0 Å². The molecule has 4 nitrogen and oxygen atoms in total. The lowest BCUT2D eigenvalue weighted by Gasteiger charge is -2.11. The largest absolute Gasteiger partial charge is 0.397 e. The summed E-state index contributed by atoms with van der Waals surface area (Å²) < 4.78 is 0. The number of pyridine rings is 1. The smallest absolute Gasteiger partial charge is 0.263 e. The number of thiophene rings is 1. The van der Waals surface area contributed by atoms with E-state index in [9.17, 15) is 4.79 Å². The van der Waals surface area contributed by atoms with Crippen molar-refractivity contribution in [1.82, 2.24) is 10.3 Å². The van der Waals surface area contributed by atoms with Crippen molar-refractivity contribution >= 4 is 44.9 Å². The summed E-state index contributed by atoms with van der Waals surface area (Å²) in [6.45, 7) is 1.98. The highest BCUT2D eigenvalue weighted by Crippen LogP contribution is 2.31. The quantitative estimate of drug-likeness (QED) is 0.902. The highest BCUT2D eigenvalue weighted by Gasteiger charge is 2.18. The first kappa shape index (κ1) is 13.2. The Morgan fingerprint density at radius 3 is 3.11 bits per heavy atom. The number of carbonyl (C=O) groups excluding carboxylic acids is 1. The molecule has 0 radical (unpaired) electrons. The van der Waals surface area contributed by atoms with E-state index in [1.807, 2.05) is 25.3 Å². The number of nitrogens with zero attached hydrogens (tertiary/aromatic N) is 1. The summed E-state index contributed by atoms with van der Waals surface area (Å²) in [5, 5.41) is 3.79. The molecule has 0 aliphatic carbocycles. The van der Waals surface area contributed by atoms with Gasteiger partial charge in [-0.05, 0) is 25.3 Å². The minimum absolute atomic E-state index is 0.114. The van der Waals surface area contributed by atoms with Gasteiger partial charge in [-0.3, -0.25) is 4.79 Å². The Hall–Kier alpha value is -1.27. The van der Waals surface area contributed by atoms with Crippen LogP contribution in [0.25, 0.3) is 10.2 Å². The average Bonchev–Trinajstić information content (AvgIpc) is 2.68. The molecule has 2 aromatic heterocycles. The molecule has 0 bridgehead atoms. The van der Waals surface area contributed by atoms with Crippen LogP contribution in [-0.4, -0.2) is 28.9 Å². The van der Waals surface area contributed by atoms with Gasteiger partial charge in [0.05, 0.1) is 5.69 Å². The average molecular weight is 281 g/mol. The lowest BCUT2D eigenvalue weighted by atomic mass is 10.2. The number of amides is 1. The lowest BCUT2D eigenvalue weighted by Crippen LogP contribution is -2.34. The maximum atomic E-state index is 12.1. The van der Waals surface area contributed by atoms with Gasteiger partial charge in [-0.25, -0.2) is 4.98 Å². The summed E-state index contributed by atoms with van der Waals surface area (Å²) in [4.78, 5) is 17.7. The molecule has 0 aliphatic rings. The predicted molar refractivity (Wildman–Crippen MR) is 79.3 cm³/mol. The third-order valence-corrected chi connectivity index (χ3v) is 4.47. The molecule has 2 heterocycles. The minimum atomic E-state index is -0.114. The van der Waals surface area contributed by atoms with Crippen LogP contribution >= 0.6 is 23.1 Å². The van der Waals surface area contributed by atoms with Crippen molar-refractivity contribution in [3.8, 4) is 0 Å². The lowest BCUT2D eigenvalue weighted by molar-refractivity contribution is 0.0948. The van der Waals surface area contributed by atoms with Crippen LogP contribution in [0.4, 0.5) is 5.69 Å². The van der Waals surface area contributed by atoms with Crippen molar-refractivity contribution in [1.29, 1.82) is 0 Å². The molecule has 1 amide bonds. The van der Waals surface area contributed by atoms with E-state index in [-0.39, 0.29) is 11.9 Å². The summed E-state index contributed by atoms with van der Waals surface area (Å²) in [5.74, 6) is 0.770. The molecule has 1 atom stereocenters. The Labute approximate surface area is 114 Å². The van der Waals surface area contributed by atoms with Crippen LogP contribution in [0.5, 0.6) is 0 Å². The van der Waals surface area contributed by atoms with Crippen LogP contribution in [0, 0.1) is 0 Å². The fourth-order valence-electron chi connectivity index (χ4n) is 1.70. The van der Waals surface area contributed by atoms with Gasteiger partial charge >= 0.3 is 0 Å². The summed E-state index contributed by atoms with van der Waals surface area (Å²) >= 11 is 3.04. The molecule has 0 saturated heterocycles. The molecule has 2 rings (SSSR count). The minimum Gasteiger partial charge on any atom is -0.397 e. The van der Waals surface area contributed by atoms with Crippen molar-refractivity contribution in [2.24, 2.45) is 0 Å². The van der Waals surface area contributed by atoms with Crippen LogP contribution < -0.4 is 11.1 Å². The highest BCUT2D eigenvalue weighted by molar-refractivity contribution is 7.98. The number of nitrogen functional groups attached to an aromatic ring is 1. The molecule has 3 N–H and O–H groups in total. The first-order chi connectivity index (χ1) is 8.63. The number of hydrogen-bond acceptors (Lipinski definition) is 5. The molecule has 2 aromatic rings. The van der Waals surface area contributed by atoms with Gasteiger partial charge in [0, 0.05) is 23.4 Å². The number of thioether (sulfide) groups is 1. The molecule has 0 aromatic carbocycles. The number of nitrogens with two attached hydrogens (primary N) is 1. The third kappa shape index (κ3) is 2.59. The number of rotatable bonds is 4. The molecule has 1 unspecified atom stereocenters. The number of anilines is 1. The van der Waals surface area contributed by atoms with Crippen molar-refractivity contribution < 1.29 is 4.79 Å². The molecule has 96 valence electrons. The van der Waals surface area contributed by atoms with Gasteiger partial charge in [-0.2, -0.15) is 11.8 Å². The highest BCUT2D eigenvalue weighted by atomic mass is 32.2. The summed E-state index contributed by atoms with van der Waals surface area (Å²) in [5.41, 5.74) is 6.52. The molecule has 0 fully saturated rings. The number of carbonyl (C=O) groups is 1. The van der Waals surface area contributed by atoms with Gasteiger partial charge in [0.1, 0.15) is 9.71 Å². The van der Waals surface area contributed by atoms with Crippen LogP contribution in [0.3, 0.4) is 0 Å².